The number of carbonyl (C=O) groups is 2. The Morgan fingerprint density at radius 1 is 1.08 bits per heavy atom. The molecule has 0 saturated heterocycles. The van der Waals surface area contributed by atoms with Crippen LogP contribution in [0.2, 0.25) is 0 Å². The smallest absolute Gasteiger partial charge is 0.276 e. The molecule has 6 nitrogen and oxygen atoms in total. The summed E-state index contributed by atoms with van der Waals surface area (Å²) in [6.45, 7) is -0.250. The summed E-state index contributed by atoms with van der Waals surface area (Å²) in [4.78, 5) is 24.8. The lowest BCUT2D eigenvalue weighted by Gasteiger charge is -2.55. The highest BCUT2D eigenvalue weighted by Crippen LogP contribution is 2.59. The topological polar surface area (TPSA) is 91.2 Å². The summed E-state index contributed by atoms with van der Waals surface area (Å²) in [5, 5.41) is 9.02. The van der Waals surface area contributed by atoms with Gasteiger partial charge in [-0.2, -0.15) is 5.26 Å². The molecule has 4 aliphatic carbocycles. The van der Waals surface area contributed by atoms with Crippen LogP contribution in [0.3, 0.4) is 0 Å². The van der Waals surface area contributed by atoms with E-state index in [1.165, 1.54) is 19.3 Å². The van der Waals surface area contributed by atoms with E-state index in [1.807, 2.05) is 6.07 Å². The van der Waals surface area contributed by atoms with Crippen LogP contribution in [-0.2, 0) is 9.59 Å². The molecular formula is C20H23N3O3. The van der Waals surface area contributed by atoms with Gasteiger partial charge in [0.15, 0.2) is 6.61 Å². The summed E-state index contributed by atoms with van der Waals surface area (Å²) in [5.74, 6) is 1.89. The Hall–Kier alpha value is -2.55. The number of rotatable bonds is 4. The lowest BCUT2D eigenvalue weighted by molar-refractivity contribution is -0.149. The van der Waals surface area contributed by atoms with Gasteiger partial charge in [-0.05, 0) is 68.4 Å². The zero-order chi connectivity index (χ0) is 18.1. The van der Waals surface area contributed by atoms with Crippen molar-refractivity contribution in [2.75, 3.05) is 6.61 Å². The summed E-state index contributed by atoms with van der Waals surface area (Å²) in [6.07, 6.45) is 6.66. The van der Waals surface area contributed by atoms with Gasteiger partial charge in [0.1, 0.15) is 11.8 Å². The van der Waals surface area contributed by atoms with Crippen LogP contribution >= 0.6 is 0 Å². The molecule has 4 saturated carbocycles. The molecular weight excluding hydrogens is 330 g/mol. The van der Waals surface area contributed by atoms with E-state index >= 15 is 0 Å². The lowest BCUT2D eigenvalue weighted by atomic mass is 9.49. The molecule has 0 aromatic heterocycles. The van der Waals surface area contributed by atoms with E-state index in [9.17, 15) is 9.59 Å². The second kappa shape index (κ2) is 6.64. The van der Waals surface area contributed by atoms with E-state index in [-0.39, 0.29) is 17.9 Å². The third-order valence-corrected chi connectivity index (χ3v) is 6.20. The number of nitrogens with one attached hydrogen (secondary N) is 2. The standard InChI is InChI=1S/C20H23N3O3/c21-11-16-3-1-2-4-17(16)26-12-18(24)22-23-19(25)20-8-13-5-14(9-20)7-15(6-13)10-20/h1-4,13-15H,5-10,12H2,(H,22,24)(H,23,25). The molecule has 0 heterocycles. The highest BCUT2D eigenvalue weighted by atomic mass is 16.5. The molecule has 0 spiro atoms. The monoisotopic (exact) mass is 353 g/mol. The predicted molar refractivity (Wildman–Crippen MR) is 93.5 cm³/mol. The van der Waals surface area contributed by atoms with E-state index in [0.29, 0.717) is 29.1 Å². The summed E-state index contributed by atoms with van der Waals surface area (Å²) in [5.41, 5.74) is 5.17. The van der Waals surface area contributed by atoms with Crippen LogP contribution in [0.4, 0.5) is 0 Å². The molecule has 2 N–H and O–H groups in total. The number of para-hydroxylation sites is 1. The van der Waals surface area contributed by atoms with E-state index in [4.69, 9.17) is 10.00 Å². The normalized spacial score (nSPS) is 31.1. The minimum Gasteiger partial charge on any atom is -0.482 e. The first-order valence-corrected chi connectivity index (χ1v) is 9.29. The average Bonchev–Trinajstić information content (AvgIpc) is 2.63. The van der Waals surface area contributed by atoms with E-state index in [2.05, 4.69) is 10.9 Å². The third kappa shape index (κ3) is 3.14. The van der Waals surface area contributed by atoms with Crippen LogP contribution in [0, 0.1) is 34.5 Å². The van der Waals surface area contributed by atoms with Crippen molar-refractivity contribution in [1.29, 1.82) is 5.26 Å². The predicted octanol–water partition coefficient (Wildman–Crippen LogP) is 2.30. The van der Waals surface area contributed by atoms with Gasteiger partial charge in [0.2, 0.25) is 5.91 Å². The Bertz CT molecular complexity index is 733. The second-order valence-corrected chi connectivity index (χ2v) is 8.10. The van der Waals surface area contributed by atoms with Crippen molar-refractivity contribution in [3.8, 4) is 11.8 Å². The van der Waals surface area contributed by atoms with E-state index < -0.39 is 5.91 Å². The van der Waals surface area contributed by atoms with Gasteiger partial charge in [-0.15, -0.1) is 0 Å². The van der Waals surface area contributed by atoms with Crippen molar-refractivity contribution < 1.29 is 14.3 Å². The molecule has 4 aliphatic rings. The largest absolute Gasteiger partial charge is 0.482 e. The number of amides is 2. The molecule has 0 unspecified atom stereocenters. The Morgan fingerprint density at radius 3 is 2.31 bits per heavy atom. The maximum Gasteiger partial charge on any atom is 0.276 e. The van der Waals surface area contributed by atoms with E-state index in [0.717, 1.165) is 19.3 Å². The number of benzene rings is 1. The number of carbonyl (C=O) groups excluding carboxylic acids is 2. The van der Waals surface area contributed by atoms with Crippen LogP contribution < -0.4 is 15.6 Å². The van der Waals surface area contributed by atoms with Crippen LogP contribution in [0.15, 0.2) is 24.3 Å². The first-order chi connectivity index (χ1) is 12.6. The van der Waals surface area contributed by atoms with Crippen molar-refractivity contribution in [2.24, 2.45) is 23.2 Å². The zero-order valence-corrected chi connectivity index (χ0v) is 14.7. The maximum absolute atomic E-state index is 12.8. The van der Waals surface area contributed by atoms with Crippen LogP contribution in [-0.4, -0.2) is 18.4 Å². The molecule has 0 radical (unpaired) electrons. The van der Waals surface area contributed by atoms with Gasteiger partial charge >= 0.3 is 0 Å². The molecule has 5 rings (SSSR count). The molecule has 0 atom stereocenters. The minimum atomic E-state index is -0.434. The summed E-state index contributed by atoms with van der Waals surface area (Å²) in [7, 11) is 0. The lowest BCUT2D eigenvalue weighted by Crippen LogP contribution is -2.57. The fourth-order valence-corrected chi connectivity index (χ4v) is 5.51. The average molecular weight is 353 g/mol. The SMILES string of the molecule is N#Cc1ccccc1OCC(=O)NNC(=O)C12CC3CC(CC(C3)C1)C2. The molecule has 2 amide bonds. The zero-order valence-electron chi connectivity index (χ0n) is 14.7. The van der Waals surface area contributed by atoms with Crippen molar-refractivity contribution >= 4 is 11.8 Å². The minimum absolute atomic E-state index is 0.0534. The number of hydrazine groups is 1. The van der Waals surface area contributed by atoms with Crippen LogP contribution in [0.1, 0.15) is 44.1 Å². The molecule has 136 valence electrons. The molecule has 6 heteroatoms. The molecule has 0 aliphatic heterocycles. The molecule has 1 aromatic carbocycles. The Kier molecular flexibility index (Phi) is 4.31. The van der Waals surface area contributed by atoms with Gasteiger partial charge in [-0.1, -0.05) is 12.1 Å². The van der Waals surface area contributed by atoms with Crippen molar-refractivity contribution in [3.05, 3.63) is 29.8 Å². The van der Waals surface area contributed by atoms with Gasteiger partial charge in [0.25, 0.3) is 5.91 Å². The first-order valence-electron chi connectivity index (χ1n) is 9.29. The third-order valence-electron chi connectivity index (χ3n) is 6.20. The number of hydrogen-bond acceptors (Lipinski definition) is 4. The number of nitrogens with zero attached hydrogens (tertiary/aromatic N) is 1. The Balaban J connectivity index is 1.29. The number of hydrogen-bond donors (Lipinski definition) is 2. The van der Waals surface area contributed by atoms with Crippen LogP contribution in [0.25, 0.3) is 0 Å². The summed E-state index contributed by atoms with van der Waals surface area (Å²) >= 11 is 0. The highest BCUT2D eigenvalue weighted by Gasteiger charge is 2.54. The fraction of sp³-hybridized carbons (Fsp3) is 0.550. The molecule has 26 heavy (non-hydrogen) atoms. The fourth-order valence-electron chi connectivity index (χ4n) is 5.51. The van der Waals surface area contributed by atoms with Crippen molar-refractivity contribution in [1.82, 2.24) is 10.9 Å². The Morgan fingerprint density at radius 2 is 1.69 bits per heavy atom. The van der Waals surface area contributed by atoms with Gasteiger partial charge < -0.3 is 4.74 Å². The van der Waals surface area contributed by atoms with Crippen LogP contribution in [0.5, 0.6) is 5.75 Å². The molecule has 4 bridgehead atoms. The van der Waals surface area contributed by atoms with Crippen molar-refractivity contribution in [2.45, 2.75) is 38.5 Å². The quantitative estimate of drug-likeness (QED) is 0.813. The van der Waals surface area contributed by atoms with Gasteiger partial charge in [-0.3, -0.25) is 20.4 Å². The van der Waals surface area contributed by atoms with Gasteiger partial charge in [0.05, 0.1) is 11.0 Å². The molecule has 1 aromatic rings. The van der Waals surface area contributed by atoms with Gasteiger partial charge in [-0.25, -0.2) is 0 Å². The number of nitriles is 1. The Labute approximate surface area is 152 Å². The highest BCUT2D eigenvalue weighted by molar-refractivity contribution is 5.86. The van der Waals surface area contributed by atoms with Crippen molar-refractivity contribution in [3.63, 3.8) is 0 Å². The summed E-state index contributed by atoms with van der Waals surface area (Å²) in [6, 6.07) is 8.76. The van der Waals surface area contributed by atoms with Gasteiger partial charge in [0, 0.05) is 0 Å². The molecule has 4 fully saturated rings. The maximum atomic E-state index is 12.8. The second-order valence-electron chi connectivity index (χ2n) is 8.10. The summed E-state index contributed by atoms with van der Waals surface area (Å²) < 4.78 is 5.39. The number of ether oxygens (including phenoxy) is 1. The first kappa shape index (κ1) is 16.9. The van der Waals surface area contributed by atoms with E-state index in [1.54, 1.807) is 24.3 Å².